The summed E-state index contributed by atoms with van der Waals surface area (Å²) in [5.74, 6) is 1.06. The summed E-state index contributed by atoms with van der Waals surface area (Å²) in [4.78, 5) is 0. The van der Waals surface area contributed by atoms with E-state index in [4.69, 9.17) is 5.73 Å². The molecule has 0 radical (unpaired) electrons. The normalized spacial score (nSPS) is 11.4. The van der Waals surface area contributed by atoms with Crippen molar-refractivity contribution >= 4 is 5.69 Å². The predicted molar refractivity (Wildman–Crippen MR) is 63.8 cm³/mol. The maximum Gasteiger partial charge on any atom is 0.0352 e. The van der Waals surface area contributed by atoms with Crippen molar-refractivity contribution in [3.8, 4) is 0 Å². The maximum absolute atomic E-state index is 6.03. The van der Waals surface area contributed by atoms with Crippen molar-refractivity contribution in [1.29, 1.82) is 0 Å². The summed E-state index contributed by atoms with van der Waals surface area (Å²) >= 11 is 0. The highest BCUT2D eigenvalue weighted by Gasteiger charge is 2.14. The Morgan fingerprint density at radius 2 is 1.43 bits per heavy atom. The zero-order valence-corrected chi connectivity index (χ0v) is 9.89. The van der Waals surface area contributed by atoms with Crippen LogP contribution in [-0.4, -0.2) is 0 Å². The van der Waals surface area contributed by atoms with E-state index in [1.54, 1.807) is 0 Å². The van der Waals surface area contributed by atoms with Crippen LogP contribution in [0.5, 0.6) is 0 Å². The Kier molecular flexibility index (Phi) is 3.20. The largest absolute Gasteiger partial charge is 0.398 e. The van der Waals surface area contributed by atoms with Crippen molar-refractivity contribution in [2.24, 2.45) is 0 Å². The van der Waals surface area contributed by atoms with Gasteiger partial charge >= 0.3 is 0 Å². The molecule has 0 unspecified atom stereocenters. The van der Waals surface area contributed by atoms with Crippen LogP contribution in [0.2, 0.25) is 0 Å². The van der Waals surface area contributed by atoms with Crippen LogP contribution in [0.1, 0.15) is 56.2 Å². The topological polar surface area (TPSA) is 26.0 Å². The number of hydrogen-bond donors (Lipinski definition) is 1. The molecule has 0 saturated carbocycles. The number of rotatable bonds is 2. The first-order valence-corrected chi connectivity index (χ1v) is 5.34. The van der Waals surface area contributed by atoms with Gasteiger partial charge in [-0.3, -0.25) is 0 Å². The molecule has 0 bridgehead atoms. The highest BCUT2D eigenvalue weighted by atomic mass is 14.6. The second kappa shape index (κ2) is 4.04. The molecule has 0 aliphatic heterocycles. The van der Waals surface area contributed by atoms with Crippen LogP contribution in [0.15, 0.2) is 12.1 Å². The first-order valence-electron chi connectivity index (χ1n) is 5.34. The molecule has 1 aromatic rings. The fraction of sp³-hybridized carbons (Fsp3) is 0.538. The molecule has 0 aliphatic carbocycles. The fourth-order valence-electron chi connectivity index (χ4n) is 2.17. The van der Waals surface area contributed by atoms with Crippen LogP contribution in [0.25, 0.3) is 0 Å². The third kappa shape index (κ3) is 1.92. The van der Waals surface area contributed by atoms with Crippen LogP contribution < -0.4 is 5.73 Å². The Morgan fingerprint density at radius 3 is 1.79 bits per heavy atom. The molecule has 0 aromatic heterocycles. The quantitative estimate of drug-likeness (QED) is 0.706. The lowest BCUT2D eigenvalue weighted by Crippen LogP contribution is -2.05. The zero-order valence-electron chi connectivity index (χ0n) is 9.89. The minimum absolute atomic E-state index is 0.507. The molecule has 2 N–H and O–H groups in total. The molecule has 14 heavy (non-hydrogen) atoms. The summed E-state index contributed by atoms with van der Waals surface area (Å²) in [7, 11) is 0. The monoisotopic (exact) mass is 191 g/mol. The van der Waals surface area contributed by atoms with E-state index in [2.05, 4.69) is 40.7 Å². The van der Waals surface area contributed by atoms with Gasteiger partial charge in [-0.05, 0) is 41.5 Å². The molecule has 1 aromatic carbocycles. The molecule has 0 saturated heterocycles. The van der Waals surface area contributed by atoms with Crippen LogP contribution in [0.3, 0.4) is 0 Å². The first kappa shape index (κ1) is 11.1. The van der Waals surface area contributed by atoms with Gasteiger partial charge in [0.1, 0.15) is 0 Å². The second-order valence-electron chi connectivity index (χ2n) is 4.61. The Morgan fingerprint density at radius 1 is 0.929 bits per heavy atom. The third-order valence-electron chi connectivity index (χ3n) is 2.69. The van der Waals surface area contributed by atoms with Gasteiger partial charge in [0.05, 0.1) is 0 Å². The Balaban J connectivity index is 3.42. The fourth-order valence-corrected chi connectivity index (χ4v) is 2.17. The first-order chi connectivity index (χ1) is 6.45. The van der Waals surface area contributed by atoms with Crippen molar-refractivity contribution in [3.63, 3.8) is 0 Å². The van der Waals surface area contributed by atoms with Gasteiger partial charge in [0.15, 0.2) is 0 Å². The maximum atomic E-state index is 6.03. The number of nitrogen functional groups attached to an aromatic ring is 1. The van der Waals surface area contributed by atoms with Gasteiger partial charge in [-0.2, -0.15) is 0 Å². The lowest BCUT2D eigenvalue weighted by molar-refractivity contribution is 0.786. The van der Waals surface area contributed by atoms with E-state index >= 15 is 0 Å². The minimum Gasteiger partial charge on any atom is -0.398 e. The molecule has 0 fully saturated rings. The van der Waals surface area contributed by atoms with E-state index in [0.29, 0.717) is 11.8 Å². The molecule has 1 heteroatoms. The van der Waals surface area contributed by atoms with Gasteiger partial charge in [0.2, 0.25) is 0 Å². The van der Waals surface area contributed by atoms with Crippen molar-refractivity contribution in [2.75, 3.05) is 5.73 Å². The van der Waals surface area contributed by atoms with Crippen molar-refractivity contribution in [2.45, 2.75) is 46.5 Å². The van der Waals surface area contributed by atoms with E-state index < -0.39 is 0 Å². The molecule has 0 spiro atoms. The molecular formula is C13H21N. The van der Waals surface area contributed by atoms with Gasteiger partial charge in [0.25, 0.3) is 0 Å². The molecule has 0 atom stereocenters. The SMILES string of the molecule is Cc1ccc(N)c(C(C)C)c1C(C)C. The minimum atomic E-state index is 0.507. The molecule has 1 nitrogen and oxygen atoms in total. The smallest absolute Gasteiger partial charge is 0.0352 e. The van der Waals surface area contributed by atoms with E-state index in [0.717, 1.165) is 5.69 Å². The lowest BCUT2D eigenvalue weighted by atomic mass is 9.86. The lowest BCUT2D eigenvalue weighted by Gasteiger charge is -2.20. The average Bonchev–Trinajstić information content (AvgIpc) is 2.07. The van der Waals surface area contributed by atoms with E-state index in [1.807, 2.05) is 6.07 Å². The summed E-state index contributed by atoms with van der Waals surface area (Å²) in [5, 5.41) is 0. The summed E-state index contributed by atoms with van der Waals surface area (Å²) in [6.07, 6.45) is 0. The molecule has 78 valence electrons. The van der Waals surface area contributed by atoms with Gasteiger partial charge < -0.3 is 5.73 Å². The van der Waals surface area contributed by atoms with Crippen molar-refractivity contribution < 1.29 is 0 Å². The van der Waals surface area contributed by atoms with Gasteiger partial charge in [-0.15, -0.1) is 0 Å². The highest BCUT2D eigenvalue weighted by Crippen LogP contribution is 2.33. The van der Waals surface area contributed by atoms with E-state index in [1.165, 1.54) is 16.7 Å². The Hall–Kier alpha value is -0.980. The van der Waals surface area contributed by atoms with Crippen LogP contribution in [0, 0.1) is 6.92 Å². The van der Waals surface area contributed by atoms with Gasteiger partial charge in [-0.1, -0.05) is 33.8 Å². The number of aryl methyl sites for hydroxylation is 1. The number of benzene rings is 1. The van der Waals surface area contributed by atoms with Gasteiger partial charge in [0, 0.05) is 5.69 Å². The second-order valence-corrected chi connectivity index (χ2v) is 4.61. The molecular weight excluding hydrogens is 170 g/mol. The molecule has 1 rings (SSSR count). The predicted octanol–water partition coefficient (Wildman–Crippen LogP) is 3.82. The highest BCUT2D eigenvalue weighted by molar-refractivity contribution is 5.56. The molecule has 0 amide bonds. The van der Waals surface area contributed by atoms with E-state index in [9.17, 15) is 0 Å². The van der Waals surface area contributed by atoms with E-state index in [-0.39, 0.29) is 0 Å². The van der Waals surface area contributed by atoms with Crippen LogP contribution in [0.4, 0.5) is 5.69 Å². The van der Waals surface area contributed by atoms with Crippen LogP contribution in [-0.2, 0) is 0 Å². The van der Waals surface area contributed by atoms with Crippen LogP contribution >= 0.6 is 0 Å². The average molecular weight is 191 g/mol. The zero-order chi connectivity index (χ0) is 10.9. The summed E-state index contributed by atoms with van der Waals surface area (Å²) in [6, 6.07) is 4.15. The number of hydrogen-bond acceptors (Lipinski definition) is 1. The summed E-state index contributed by atoms with van der Waals surface area (Å²) in [5.41, 5.74) is 11.1. The standard InChI is InChI=1S/C13H21N/c1-8(2)12-10(5)6-7-11(14)13(12)9(3)4/h6-9H,14H2,1-5H3. The molecule has 0 heterocycles. The number of anilines is 1. The van der Waals surface area contributed by atoms with Gasteiger partial charge in [-0.25, -0.2) is 0 Å². The Bertz CT molecular complexity index is 291. The Labute approximate surface area is 87.3 Å². The van der Waals surface area contributed by atoms with Crippen molar-refractivity contribution in [3.05, 3.63) is 28.8 Å². The molecule has 0 aliphatic rings. The summed E-state index contributed by atoms with van der Waals surface area (Å²) in [6.45, 7) is 11.0. The summed E-state index contributed by atoms with van der Waals surface area (Å²) < 4.78 is 0. The third-order valence-corrected chi connectivity index (χ3v) is 2.69. The number of nitrogens with two attached hydrogens (primary N) is 1. The van der Waals surface area contributed by atoms with Crippen molar-refractivity contribution in [1.82, 2.24) is 0 Å².